The fourth-order valence-electron chi connectivity index (χ4n) is 5.06. The molecule has 28 heavy (non-hydrogen) atoms. The largest absolute Gasteiger partial charge is 0.192 e. The van der Waals surface area contributed by atoms with Gasteiger partial charge in [-0.05, 0) is 60.3 Å². The van der Waals surface area contributed by atoms with E-state index in [0.717, 1.165) is 23.3 Å². The number of nitriles is 1. The molecule has 1 nitrogen and oxygen atoms in total. The van der Waals surface area contributed by atoms with Gasteiger partial charge in [-0.3, -0.25) is 0 Å². The highest BCUT2D eigenvalue weighted by Crippen LogP contribution is 2.39. The van der Waals surface area contributed by atoms with Crippen molar-refractivity contribution < 1.29 is 0 Å². The van der Waals surface area contributed by atoms with E-state index in [1.807, 2.05) is 12.1 Å². The minimum absolute atomic E-state index is 0.733. The third-order valence-electron chi connectivity index (χ3n) is 6.94. The minimum atomic E-state index is 0.733. The van der Waals surface area contributed by atoms with Crippen LogP contribution in [0.3, 0.4) is 0 Å². The summed E-state index contributed by atoms with van der Waals surface area (Å²) < 4.78 is 0. The van der Waals surface area contributed by atoms with Crippen molar-refractivity contribution in [3.05, 3.63) is 53.6 Å². The molecule has 1 atom stereocenters. The Hall–Kier alpha value is -1.81. The molecule has 0 radical (unpaired) electrons. The molecule has 1 unspecified atom stereocenters. The number of allylic oxidation sites excluding steroid dienone is 4. The number of hydrogen-bond acceptors (Lipinski definition) is 1. The third-order valence-corrected chi connectivity index (χ3v) is 6.94. The summed E-state index contributed by atoms with van der Waals surface area (Å²) >= 11 is 0. The molecule has 0 bridgehead atoms. The molecule has 1 fully saturated rings. The van der Waals surface area contributed by atoms with E-state index in [2.05, 4.69) is 43.4 Å². The lowest BCUT2D eigenvalue weighted by Gasteiger charge is -2.33. The summed E-state index contributed by atoms with van der Waals surface area (Å²) in [5.74, 6) is 2.62. The Morgan fingerprint density at radius 1 is 0.929 bits per heavy atom. The quantitative estimate of drug-likeness (QED) is 0.400. The zero-order valence-corrected chi connectivity index (χ0v) is 17.7. The Labute approximate surface area is 172 Å². The molecule has 2 aliphatic carbocycles. The van der Waals surface area contributed by atoms with Gasteiger partial charge in [0.15, 0.2) is 0 Å². The van der Waals surface area contributed by atoms with E-state index >= 15 is 0 Å². The van der Waals surface area contributed by atoms with Gasteiger partial charge in [0.05, 0.1) is 11.6 Å². The van der Waals surface area contributed by atoms with Crippen LogP contribution < -0.4 is 0 Å². The topological polar surface area (TPSA) is 23.8 Å². The van der Waals surface area contributed by atoms with Crippen molar-refractivity contribution >= 4 is 5.57 Å². The van der Waals surface area contributed by atoms with Gasteiger partial charge < -0.3 is 0 Å². The van der Waals surface area contributed by atoms with Crippen LogP contribution >= 0.6 is 0 Å². The SMILES string of the molecule is CCCCCCCCC1CCC(C2C=CC(c3ccc(C#N)cc3)=CC2)CC1. The summed E-state index contributed by atoms with van der Waals surface area (Å²) in [6.45, 7) is 2.30. The Morgan fingerprint density at radius 2 is 1.64 bits per heavy atom. The molecule has 1 saturated carbocycles. The zero-order chi connectivity index (χ0) is 19.6. The summed E-state index contributed by atoms with van der Waals surface area (Å²) in [6.07, 6.45) is 24.2. The van der Waals surface area contributed by atoms with E-state index in [-0.39, 0.29) is 0 Å². The van der Waals surface area contributed by atoms with Crippen LogP contribution in [-0.4, -0.2) is 0 Å². The summed E-state index contributed by atoms with van der Waals surface area (Å²) in [4.78, 5) is 0. The number of nitrogens with zero attached hydrogens (tertiary/aromatic N) is 1. The van der Waals surface area contributed by atoms with Gasteiger partial charge in [-0.15, -0.1) is 0 Å². The first-order chi connectivity index (χ1) is 13.8. The Kier molecular flexibility index (Phi) is 8.41. The molecule has 1 aromatic carbocycles. The van der Waals surface area contributed by atoms with Crippen LogP contribution in [-0.2, 0) is 0 Å². The van der Waals surface area contributed by atoms with Crippen molar-refractivity contribution in [2.45, 2.75) is 84.0 Å². The normalized spacial score (nSPS) is 24.6. The molecule has 3 rings (SSSR count). The number of unbranched alkanes of at least 4 members (excludes halogenated alkanes) is 5. The second-order valence-electron chi connectivity index (χ2n) is 8.94. The van der Waals surface area contributed by atoms with Crippen molar-refractivity contribution in [1.29, 1.82) is 5.26 Å². The highest BCUT2D eigenvalue weighted by atomic mass is 14.3. The number of benzene rings is 1. The lowest BCUT2D eigenvalue weighted by atomic mass is 9.72. The first-order valence-corrected chi connectivity index (χ1v) is 11.7. The van der Waals surface area contributed by atoms with Crippen LogP contribution in [0, 0.1) is 29.1 Å². The molecule has 0 amide bonds. The average molecular weight is 376 g/mol. The molecule has 1 aromatic rings. The predicted octanol–water partition coefficient (Wildman–Crippen LogP) is 8.07. The summed E-state index contributed by atoms with van der Waals surface area (Å²) in [5, 5.41) is 8.95. The van der Waals surface area contributed by atoms with Crippen molar-refractivity contribution in [3.8, 4) is 6.07 Å². The Balaban J connectivity index is 1.37. The smallest absolute Gasteiger partial charge is 0.0991 e. The maximum atomic E-state index is 8.95. The molecule has 2 aliphatic rings. The predicted molar refractivity (Wildman–Crippen MR) is 120 cm³/mol. The maximum absolute atomic E-state index is 8.95. The minimum Gasteiger partial charge on any atom is -0.192 e. The molecule has 0 heterocycles. The van der Waals surface area contributed by atoms with Crippen LogP contribution in [0.15, 0.2) is 42.5 Å². The van der Waals surface area contributed by atoms with Gasteiger partial charge in [-0.1, -0.05) is 95.1 Å². The van der Waals surface area contributed by atoms with Gasteiger partial charge in [0, 0.05) is 0 Å². The van der Waals surface area contributed by atoms with E-state index in [9.17, 15) is 0 Å². The van der Waals surface area contributed by atoms with Gasteiger partial charge >= 0.3 is 0 Å². The van der Waals surface area contributed by atoms with E-state index in [1.165, 1.54) is 88.2 Å². The van der Waals surface area contributed by atoms with E-state index in [0.29, 0.717) is 0 Å². The Bertz CT molecular complexity index is 680. The highest BCUT2D eigenvalue weighted by Gasteiger charge is 2.26. The molecule has 0 aliphatic heterocycles. The monoisotopic (exact) mass is 375 g/mol. The molecule has 150 valence electrons. The van der Waals surface area contributed by atoms with Crippen molar-refractivity contribution in [2.24, 2.45) is 17.8 Å². The molecular formula is C27H37N. The summed E-state index contributed by atoms with van der Waals surface area (Å²) in [5.41, 5.74) is 3.29. The van der Waals surface area contributed by atoms with Crippen LogP contribution in [0.4, 0.5) is 0 Å². The van der Waals surface area contributed by atoms with Gasteiger partial charge in [-0.25, -0.2) is 0 Å². The Morgan fingerprint density at radius 3 is 2.29 bits per heavy atom. The second-order valence-corrected chi connectivity index (χ2v) is 8.94. The molecule has 0 spiro atoms. The lowest BCUT2D eigenvalue weighted by molar-refractivity contribution is 0.218. The molecule has 0 saturated heterocycles. The third kappa shape index (κ3) is 6.10. The number of hydrogen-bond donors (Lipinski definition) is 0. The molecule has 0 N–H and O–H groups in total. The average Bonchev–Trinajstić information content (AvgIpc) is 2.77. The van der Waals surface area contributed by atoms with E-state index in [1.54, 1.807) is 0 Å². The molecule has 1 heteroatoms. The van der Waals surface area contributed by atoms with Crippen LogP contribution in [0.2, 0.25) is 0 Å². The fourth-order valence-corrected chi connectivity index (χ4v) is 5.06. The van der Waals surface area contributed by atoms with Crippen molar-refractivity contribution in [3.63, 3.8) is 0 Å². The second kappa shape index (κ2) is 11.3. The van der Waals surface area contributed by atoms with Gasteiger partial charge in [0.2, 0.25) is 0 Å². The maximum Gasteiger partial charge on any atom is 0.0991 e. The fraction of sp³-hybridized carbons (Fsp3) is 0.593. The summed E-state index contributed by atoms with van der Waals surface area (Å²) in [6, 6.07) is 10.2. The van der Waals surface area contributed by atoms with E-state index < -0.39 is 0 Å². The van der Waals surface area contributed by atoms with Crippen LogP contribution in [0.1, 0.15) is 95.1 Å². The highest BCUT2D eigenvalue weighted by molar-refractivity contribution is 5.75. The van der Waals surface area contributed by atoms with Gasteiger partial charge in [0.25, 0.3) is 0 Å². The summed E-state index contributed by atoms with van der Waals surface area (Å²) in [7, 11) is 0. The lowest BCUT2D eigenvalue weighted by Crippen LogP contribution is -2.21. The van der Waals surface area contributed by atoms with Crippen molar-refractivity contribution in [1.82, 2.24) is 0 Å². The first kappa shape index (κ1) is 20.9. The molecule has 0 aromatic heterocycles. The molecular weight excluding hydrogens is 338 g/mol. The van der Waals surface area contributed by atoms with Gasteiger partial charge in [-0.2, -0.15) is 5.26 Å². The van der Waals surface area contributed by atoms with Crippen LogP contribution in [0.25, 0.3) is 5.57 Å². The van der Waals surface area contributed by atoms with Gasteiger partial charge in [0.1, 0.15) is 0 Å². The standard InChI is InChI=1S/C27H37N/c1-2-3-4-5-6-7-8-22-9-13-24(14-10-22)26-17-19-27(20-18-26)25-15-11-23(21-28)12-16-25/h11-12,15-17,19-20,22,24,26H,2-10,13-14,18H2,1H3. The van der Waals surface area contributed by atoms with Crippen LogP contribution in [0.5, 0.6) is 0 Å². The van der Waals surface area contributed by atoms with Crippen molar-refractivity contribution in [2.75, 3.05) is 0 Å². The first-order valence-electron chi connectivity index (χ1n) is 11.7. The zero-order valence-electron chi connectivity index (χ0n) is 17.7. The number of rotatable bonds is 9. The van der Waals surface area contributed by atoms with E-state index in [4.69, 9.17) is 5.26 Å².